The van der Waals surface area contributed by atoms with Gasteiger partial charge in [-0.2, -0.15) is 0 Å². The van der Waals surface area contributed by atoms with Crippen LogP contribution in [0.2, 0.25) is 0 Å². The van der Waals surface area contributed by atoms with E-state index in [1.807, 2.05) is 0 Å². The standard InChI is InChI=1S/C16H10F2O2S/c17-13-4-6-15(16(18)9-13)12-2-1-11-8-14(21(19)20)5-3-10(11)7-12/h1-9H,(H,19,20). The molecule has 0 aliphatic heterocycles. The summed E-state index contributed by atoms with van der Waals surface area (Å²) in [4.78, 5) is 0.309. The highest BCUT2D eigenvalue weighted by atomic mass is 32.2. The van der Waals surface area contributed by atoms with Gasteiger partial charge < -0.3 is 4.55 Å². The van der Waals surface area contributed by atoms with Crippen LogP contribution in [-0.4, -0.2) is 8.76 Å². The molecule has 0 heterocycles. The lowest BCUT2D eigenvalue weighted by Crippen LogP contribution is -1.89. The molecule has 21 heavy (non-hydrogen) atoms. The lowest BCUT2D eigenvalue weighted by molar-refractivity contribution is 0.564. The number of halogens is 2. The normalized spacial score (nSPS) is 12.5. The molecule has 3 aromatic carbocycles. The fraction of sp³-hybridized carbons (Fsp3) is 0. The van der Waals surface area contributed by atoms with Gasteiger partial charge in [0.25, 0.3) is 0 Å². The molecule has 0 aromatic heterocycles. The van der Waals surface area contributed by atoms with Crippen molar-refractivity contribution in [3.05, 3.63) is 66.2 Å². The molecule has 0 aliphatic carbocycles. The molecule has 1 unspecified atom stereocenters. The van der Waals surface area contributed by atoms with Crippen LogP contribution < -0.4 is 0 Å². The number of benzene rings is 3. The van der Waals surface area contributed by atoms with Crippen molar-refractivity contribution in [2.45, 2.75) is 4.90 Å². The van der Waals surface area contributed by atoms with E-state index in [1.54, 1.807) is 36.4 Å². The number of rotatable bonds is 2. The molecule has 0 saturated carbocycles. The van der Waals surface area contributed by atoms with Crippen LogP contribution in [0.25, 0.3) is 21.9 Å². The second-order valence-electron chi connectivity index (χ2n) is 4.60. The van der Waals surface area contributed by atoms with E-state index in [0.29, 0.717) is 16.0 Å². The van der Waals surface area contributed by atoms with E-state index < -0.39 is 22.7 Å². The molecule has 3 rings (SSSR count). The molecule has 5 heteroatoms. The third-order valence-corrected chi connectivity index (χ3v) is 3.91. The van der Waals surface area contributed by atoms with E-state index in [9.17, 15) is 13.0 Å². The Kier molecular flexibility index (Phi) is 3.53. The lowest BCUT2D eigenvalue weighted by Gasteiger charge is -2.06. The Morgan fingerprint density at radius 2 is 1.57 bits per heavy atom. The van der Waals surface area contributed by atoms with Gasteiger partial charge in [-0.1, -0.05) is 18.2 Å². The van der Waals surface area contributed by atoms with Crippen molar-refractivity contribution in [3.63, 3.8) is 0 Å². The summed E-state index contributed by atoms with van der Waals surface area (Å²) in [5.41, 5.74) is 0.936. The molecule has 0 radical (unpaired) electrons. The molecular weight excluding hydrogens is 294 g/mol. The van der Waals surface area contributed by atoms with Crippen molar-refractivity contribution in [1.29, 1.82) is 0 Å². The maximum atomic E-state index is 13.8. The molecule has 0 bridgehead atoms. The van der Waals surface area contributed by atoms with Crippen molar-refractivity contribution < 1.29 is 17.5 Å². The monoisotopic (exact) mass is 304 g/mol. The smallest absolute Gasteiger partial charge is 0.186 e. The van der Waals surface area contributed by atoms with Crippen LogP contribution in [0.4, 0.5) is 8.78 Å². The molecule has 3 aromatic rings. The summed E-state index contributed by atoms with van der Waals surface area (Å²) in [5, 5.41) is 1.59. The SMILES string of the molecule is O=S(O)c1ccc2cc(-c3ccc(F)cc3F)ccc2c1. The second-order valence-corrected chi connectivity index (χ2v) is 5.57. The van der Waals surface area contributed by atoms with Crippen molar-refractivity contribution >= 4 is 21.9 Å². The largest absolute Gasteiger partial charge is 0.302 e. The highest BCUT2D eigenvalue weighted by Gasteiger charge is 2.08. The van der Waals surface area contributed by atoms with Crippen LogP contribution in [-0.2, 0) is 11.1 Å². The van der Waals surface area contributed by atoms with Gasteiger partial charge in [-0.25, -0.2) is 13.0 Å². The van der Waals surface area contributed by atoms with E-state index in [1.165, 1.54) is 12.1 Å². The van der Waals surface area contributed by atoms with Gasteiger partial charge in [-0.05, 0) is 46.7 Å². The maximum absolute atomic E-state index is 13.8. The summed E-state index contributed by atoms with van der Waals surface area (Å²) in [5.74, 6) is -1.24. The van der Waals surface area contributed by atoms with Crippen molar-refractivity contribution in [3.8, 4) is 11.1 Å². The van der Waals surface area contributed by atoms with E-state index in [2.05, 4.69) is 0 Å². The predicted octanol–water partition coefficient (Wildman–Crippen LogP) is 4.37. The minimum Gasteiger partial charge on any atom is -0.302 e. The van der Waals surface area contributed by atoms with Crippen molar-refractivity contribution in [1.82, 2.24) is 0 Å². The van der Waals surface area contributed by atoms with E-state index in [4.69, 9.17) is 4.55 Å². The fourth-order valence-electron chi connectivity index (χ4n) is 2.22. The number of hydrogen-bond donors (Lipinski definition) is 1. The van der Waals surface area contributed by atoms with Gasteiger partial charge in [0.1, 0.15) is 11.6 Å². The Morgan fingerprint density at radius 1 is 0.857 bits per heavy atom. The first-order valence-corrected chi connectivity index (χ1v) is 7.25. The van der Waals surface area contributed by atoms with Crippen LogP contribution in [0.3, 0.4) is 0 Å². The Labute approximate surface area is 122 Å². The molecule has 0 spiro atoms. The zero-order valence-corrected chi connectivity index (χ0v) is 11.5. The molecule has 1 N–H and O–H groups in total. The minimum atomic E-state index is -2.03. The molecule has 0 saturated heterocycles. The third-order valence-electron chi connectivity index (χ3n) is 3.26. The zero-order chi connectivity index (χ0) is 15.0. The topological polar surface area (TPSA) is 37.3 Å². The average Bonchev–Trinajstić information content (AvgIpc) is 2.46. The summed E-state index contributed by atoms with van der Waals surface area (Å²) < 4.78 is 46.8. The number of hydrogen-bond acceptors (Lipinski definition) is 1. The minimum absolute atomic E-state index is 0.309. The van der Waals surface area contributed by atoms with Gasteiger partial charge in [0.15, 0.2) is 11.1 Å². The summed E-state index contributed by atoms with van der Waals surface area (Å²) in [6.45, 7) is 0. The molecule has 1 atom stereocenters. The van der Waals surface area contributed by atoms with Crippen LogP contribution in [0.15, 0.2) is 59.5 Å². The summed E-state index contributed by atoms with van der Waals surface area (Å²) in [6.07, 6.45) is 0. The first-order chi connectivity index (χ1) is 10.0. The molecule has 0 aliphatic rings. The Hall–Kier alpha value is -2.11. The van der Waals surface area contributed by atoms with E-state index >= 15 is 0 Å². The molecule has 0 fully saturated rings. The molecule has 2 nitrogen and oxygen atoms in total. The van der Waals surface area contributed by atoms with Crippen LogP contribution in [0.5, 0.6) is 0 Å². The van der Waals surface area contributed by atoms with Gasteiger partial charge in [-0.3, -0.25) is 0 Å². The summed E-state index contributed by atoms with van der Waals surface area (Å²) >= 11 is -2.03. The van der Waals surface area contributed by atoms with E-state index in [0.717, 1.165) is 16.8 Å². The summed E-state index contributed by atoms with van der Waals surface area (Å²) in [6, 6.07) is 13.5. The molecule has 106 valence electrons. The average molecular weight is 304 g/mol. The van der Waals surface area contributed by atoms with Gasteiger partial charge in [0.05, 0.1) is 4.90 Å². The Morgan fingerprint density at radius 3 is 2.29 bits per heavy atom. The quantitative estimate of drug-likeness (QED) is 0.714. The Bertz CT molecular complexity index is 862. The molecular formula is C16H10F2O2S. The van der Waals surface area contributed by atoms with Gasteiger partial charge in [0, 0.05) is 11.6 Å². The zero-order valence-electron chi connectivity index (χ0n) is 10.7. The van der Waals surface area contributed by atoms with E-state index in [-0.39, 0.29) is 0 Å². The highest BCUT2D eigenvalue weighted by Crippen LogP contribution is 2.28. The van der Waals surface area contributed by atoms with Gasteiger partial charge in [-0.15, -0.1) is 0 Å². The van der Waals surface area contributed by atoms with Crippen molar-refractivity contribution in [2.75, 3.05) is 0 Å². The Balaban J connectivity index is 2.13. The van der Waals surface area contributed by atoms with Crippen LogP contribution in [0.1, 0.15) is 0 Å². The maximum Gasteiger partial charge on any atom is 0.186 e. The van der Waals surface area contributed by atoms with Gasteiger partial charge in [0.2, 0.25) is 0 Å². The summed E-state index contributed by atoms with van der Waals surface area (Å²) in [7, 11) is 0. The predicted molar refractivity (Wildman–Crippen MR) is 78.3 cm³/mol. The third kappa shape index (κ3) is 2.70. The van der Waals surface area contributed by atoms with Crippen LogP contribution in [0, 0.1) is 11.6 Å². The second kappa shape index (κ2) is 5.35. The fourth-order valence-corrected chi connectivity index (χ4v) is 2.64. The van der Waals surface area contributed by atoms with Gasteiger partial charge >= 0.3 is 0 Å². The first kappa shape index (κ1) is 13.9. The highest BCUT2D eigenvalue weighted by molar-refractivity contribution is 7.79. The van der Waals surface area contributed by atoms with Crippen LogP contribution >= 0.6 is 0 Å². The number of fused-ring (bicyclic) bond motifs is 1. The lowest BCUT2D eigenvalue weighted by atomic mass is 10.0. The molecule has 0 amide bonds. The first-order valence-electron chi connectivity index (χ1n) is 6.15. The van der Waals surface area contributed by atoms with Crippen molar-refractivity contribution in [2.24, 2.45) is 0 Å².